The summed E-state index contributed by atoms with van der Waals surface area (Å²) in [4.78, 5) is 29.3. The lowest BCUT2D eigenvalue weighted by molar-refractivity contribution is -0.148. The van der Waals surface area contributed by atoms with E-state index in [1.165, 1.54) is 11.6 Å². The summed E-state index contributed by atoms with van der Waals surface area (Å²) in [7, 11) is 2.16. The number of likely N-dealkylation sites (N-methyl/N-ethyl adjacent to an activating group) is 1. The Kier molecular flexibility index (Phi) is 8.37. The molecule has 0 spiro atoms. The van der Waals surface area contributed by atoms with E-state index >= 15 is 0 Å². The molecule has 1 aliphatic heterocycles. The summed E-state index contributed by atoms with van der Waals surface area (Å²) in [5.74, 6) is -0.412. The van der Waals surface area contributed by atoms with Crippen LogP contribution in [-0.2, 0) is 16.1 Å². The Bertz CT molecular complexity index is 1010. The van der Waals surface area contributed by atoms with Gasteiger partial charge in [-0.2, -0.15) is 0 Å². The Labute approximate surface area is 197 Å². The number of esters is 1. The fourth-order valence-corrected chi connectivity index (χ4v) is 3.57. The minimum absolute atomic E-state index is 0.0316. The zero-order valence-corrected chi connectivity index (χ0v) is 20.1. The molecule has 0 aliphatic carbocycles. The van der Waals surface area contributed by atoms with Crippen LogP contribution in [0.3, 0.4) is 0 Å². The number of ether oxygens (including phenoxy) is 1. The van der Waals surface area contributed by atoms with Gasteiger partial charge in [0, 0.05) is 44.4 Å². The van der Waals surface area contributed by atoms with Crippen molar-refractivity contribution in [3.63, 3.8) is 0 Å². The van der Waals surface area contributed by atoms with Gasteiger partial charge in [0.15, 0.2) is 5.78 Å². The predicted octanol–water partition coefficient (Wildman–Crippen LogP) is 4.69. The number of piperazine rings is 1. The number of nitrogens with zero attached hydrogens (tertiary/aromatic N) is 2. The van der Waals surface area contributed by atoms with Crippen molar-refractivity contribution in [2.24, 2.45) is 0 Å². The van der Waals surface area contributed by atoms with Gasteiger partial charge in [0.05, 0.1) is 0 Å². The molecule has 0 bridgehead atoms. The molecule has 33 heavy (non-hydrogen) atoms. The van der Waals surface area contributed by atoms with Gasteiger partial charge in [-0.15, -0.1) is 0 Å². The third kappa shape index (κ3) is 8.44. The molecule has 0 radical (unpaired) electrons. The van der Waals surface area contributed by atoms with Crippen molar-refractivity contribution >= 4 is 23.9 Å². The normalized spacial score (nSPS) is 15.9. The fourth-order valence-electron chi connectivity index (χ4n) is 3.57. The summed E-state index contributed by atoms with van der Waals surface area (Å²) >= 11 is 0. The molecule has 0 amide bonds. The van der Waals surface area contributed by atoms with Crippen LogP contribution in [0.2, 0.25) is 0 Å². The van der Waals surface area contributed by atoms with Crippen molar-refractivity contribution in [1.29, 1.82) is 0 Å². The van der Waals surface area contributed by atoms with Gasteiger partial charge < -0.3 is 9.64 Å². The molecule has 1 fully saturated rings. The molecule has 0 saturated carbocycles. The van der Waals surface area contributed by atoms with Gasteiger partial charge in [-0.25, -0.2) is 4.79 Å². The Morgan fingerprint density at radius 2 is 1.52 bits per heavy atom. The number of hydrogen-bond acceptors (Lipinski definition) is 5. The van der Waals surface area contributed by atoms with Crippen LogP contribution in [-0.4, -0.2) is 60.4 Å². The first-order valence-corrected chi connectivity index (χ1v) is 11.4. The van der Waals surface area contributed by atoms with Gasteiger partial charge in [-0.1, -0.05) is 48.5 Å². The van der Waals surface area contributed by atoms with E-state index in [0.29, 0.717) is 5.56 Å². The van der Waals surface area contributed by atoms with Crippen LogP contribution in [0.25, 0.3) is 12.2 Å². The zero-order valence-electron chi connectivity index (χ0n) is 20.1. The van der Waals surface area contributed by atoms with Crippen LogP contribution in [0.5, 0.6) is 0 Å². The van der Waals surface area contributed by atoms with Crippen LogP contribution in [0.1, 0.15) is 47.8 Å². The number of benzene rings is 2. The van der Waals surface area contributed by atoms with Crippen LogP contribution in [0.15, 0.2) is 60.7 Å². The minimum Gasteiger partial charge on any atom is -0.457 e. The number of allylic oxidation sites excluding steroid dienone is 1. The lowest BCUT2D eigenvalue weighted by atomic mass is 10.1. The van der Waals surface area contributed by atoms with Gasteiger partial charge in [0.1, 0.15) is 5.60 Å². The Hall–Kier alpha value is -3.02. The van der Waals surface area contributed by atoms with E-state index in [0.717, 1.165) is 43.9 Å². The first-order valence-electron chi connectivity index (χ1n) is 11.4. The highest BCUT2D eigenvalue weighted by atomic mass is 16.6. The lowest BCUT2D eigenvalue weighted by Gasteiger charge is -2.32. The van der Waals surface area contributed by atoms with E-state index in [1.54, 1.807) is 18.2 Å². The summed E-state index contributed by atoms with van der Waals surface area (Å²) < 4.78 is 5.28. The molecule has 1 heterocycles. The van der Waals surface area contributed by atoms with Crippen LogP contribution >= 0.6 is 0 Å². The van der Waals surface area contributed by atoms with Crippen LogP contribution < -0.4 is 0 Å². The first-order chi connectivity index (χ1) is 15.7. The molecule has 5 heteroatoms. The van der Waals surface area contributed by atoms with Crippen LogP contribution in [0.4, 0.5) is 0 Å². The number of carbonyl (C=O) groups excluding carboxylic acids is 2. The largest absolute Gasteiger partial charge is 0.457 e. The molecule has 1 saturated heterocycles. The first kappa shape index (κ1) is 24.6. The maximum absolute atomic E-state index is 12.6. The molecule has 1 aliphatic rings. The van der Waals surface area contributed by atoms with Crippen molar-refractivity contribution in [2.45, 2.75) is 32.9 Å². The van der Waals surface area contributed by atoms with E-state index in [1.807, 2.05) is 69.3 Å². The summed E-state index contributed by atoms with van der Waals surface area (Å²) in [6, 6.07) is 15.5. The van der Waals surface area contributed by atoms with E-state index in [9.17, 15) is 9.59 Å². The highest BCUT2D eigenvalue weighted by molar-refractivity contribution is 6.06. The number of rotatable bonds is 7. The fraction of sp³-hybridized carbons (Fsp3) is 0.357. The molecule has 2 aromatic carbocycles. The summed E-state index contributed by atoms with van der Waals surface area (Å²) in [6.45, 7) is 10.8. The van der Waals surface area contributed by atoms with E-state index in [4.69, 9.17) is 4.74 Å². The highest BCUT2D eigenvalue weighted by Crippen LogP contribution is 2.14. The molecular weight excluding hydrogens is 412 g/mol. The van der Waals surface area contributed by atoms with E-state index in [2.05, 4.69) is 16.8 Å². The second-order valence-corrected chi connectivity index (χ2v) is 9.51. The SMILES string of the molecule is CN1CCN(Cc2ccc(C(=O)C=Cc3cccc(C=CC(=O)OC(C)(C)C)c3)cc2)CC1. The molecule has 3 rings (SSSR count). The molecule has 0 unspecified atom stereocenters. The molecule has 0 N–H and O–H groups in total. The number of ketones is 1. The van der Waals surface area contributed by atoms with Crippen molar-refractivity contribution < 1.29 is 14.3 Å². The van der Waals surface area contributed by atoms with Crippen molar-refractivity contribution in [1.82, 2.24) is 9.80 Å². The van der Waals surface area contributed by atoms with Gasteiger partial charge in [-0.05, 0) is 62.7 Å². The van der Waals surface area contributed by atoms with E-state index in [-0.39, 0.29) is 11.8 Å². The Morgan fingerprint density at radius 3 is 2.12 bits per heavy atom. The average Bonchev–Trinajstić information content (AvgIpc) is 2.77. The molecule has 5 nitrogen and oxygen atoms in total. The highest BCUT2D eigenvalue weighted by Gasteiger charge is 2.14. The summed E-state index contributed by atoms with van der Waals surface area (Å²) in [5.41, 5.74) is 3.14. The molecule has 0 atom stereocenters. The second-order valence-electron chi connectivity index (χ2n) is 9.51. The van der Waals surface area contributed by atoms with Crippen LogP contribution in [0, 0.1) is 0 Å². The van der Waals surface area contributed by atoms with Gasteiger partial charge in [0.2, 0.25) is 0 Å². The monoisotopic (exact) mass is 446 g/mol. The average molecular weight is 447 g/mol. The Balaban J connectivity index is 1.56. The van der Waals surface area contributed by atoms with Crippen molar-refractivity contribution in [3.8, 4) is 0 Å². The van der Waals surface area contributed by atoms with Gasteiger partial charge in [-0.3, -0.25) is 9.69 Å². The maximum Gasteiger partial charge on any atom is 0.331 e. The standard InChI is InChI=1S/C28H34N2O3/c1-28(2,3)33-27(32)15-11-23-7-5-6-22(20-23)10-14-26(31)25-12-8-24(9-13-25)21-30-18-16-29(4)17-19-30/h5-15,20H,16-19,21H2,1-4H3. The van der Waals surface area contributed by atoms with Crippen molar-refractivity contribution in [3.05, 3.63) is 82.9 Å². The van der Waals surface area contributed by atoms with Crippen molar-refractivity contribution in [2.75, 3.05) is 33.2 Å². The lowest BCUT2D eigenvalue weighted by Crippen LogP contribution is -2.43. The zero-order chi connectivity index (χ0) is 23.8. The number of carbonyl (C=O) groups is 2. The smallest absolute Gasteiger partial charge is 0.331 e. The molecule has 0 aromatic heterocycles. The molecular formula is C28H34N2O3. The molecule has 2 aromatic rings. The maximum atomic E-state index is 12.6. The third-order valence-corrected chi connectivity index (χ3v) is 5.40. The summed E-state index contributed by atoms with van der Waals surface area (Å²) in [6.07, 6.45) is 6.52. The van der Waals surface area contributed by atoms with Gasteiger partial charge in [0.25, 0.3) is 0 Å². The summed E-state index contributed by atoms with van der Waals surface area (Å²) in [5, 5.41) is 0. The van der Waals surface area contributed by atoms with Gasteiger partial charge >= 0.3 is 5.97 Å². The molecule has 174 valence electrons. The predicted molar refractivity (Wildman–Crippen MR) is 134 cm³/mol. The third-order valence-electron chi connectivity index (χ3n) is 5.40. The van der Waals surface area contributed by atoms with E-state index < -0.39 is 5.60 Å². The topological polar surface area (TPSA) is 49.9 Å². The Morgan fingerprint density at radius 1 is 0.909 bits per heavy atom. The quantitative estimate of drug-likeness (QED) is 0.351. The minimum atomic E-state index is -0.519. The number of hydrogen-bond donors (Lipinski definition) is 0. The second kappa shape index (κ2) is 11.2.